The number of carbonyl (C=O) groups excluding carboxylic acids is 1. The van der Waals surface area contributed by atoms with Crippen molar-refractivity contribution in [1.29, 1.82) is 0 Å². The molecule has 1 aromatic carbocycles. The highest BCUT2D eigenvalue weighted by Crippen LogP contribution is 2.21. The van der Waals surface area contributed by atoms with Gasteiger partial charge in [-0.15, -0.1) is 0 Å². The SMILES string of the molecule is COC(=O)CCCN(C)Cc1cccc(F)c1Br. The molecule has 0 unspecified atom stereocenters. The second-order valence-corrected chi connectivity index (χ2v) is 4.92. The van der Waals surface area contributed by atoms with E-state index in [1.807, 2.05) is 18.0 Å². The number of hydrogen-bond acceptors (Lipinski definition) is 3. The van der Waals surface area contributed by atoms with Crippen molar-refractivity contribution >= 4 is 21.9 Å². The van der Waals surface area contributed by atoms with Gasteiger partial charge >= 0.3 is 5.97 Å². The highest BCUT2D eigenvalue weighted by molar-refractivity contribution is 9.10. The molecule has 1 aromatic rings. The topological polar surface area (TPSA) is 29.5 Å². The summed E-state index contributed by atoms with van der Waals surface area (Å²) in [5.41, 5.74) is 0.899. The van der Waals surface area contributed by atoms with E-state index in [1.165, 1.54) is 13.2 Å². The molecular formula is C13H17BrFNO2. The van der Waals surface area contributed by atoms with Crippen LogP contribution in [0.1, 0.15) is 18.4 Å². The molecule has 0 aliphatic heterocycles. The molecule has 0 spiro atoms. The van der Waals surface area contributed by atoms with Crippen molar-refractivity contribution in [3.05, 3.63) is 34.1 Å². The van der Waals surface area contributed by atoms with Crippen LogP contribution in [0.4, 0.5) is 4.39 Å². The second kappa shape index (κ2) is 7.48. The molecule has 0 radical (unpaired) electrons. The number of methoxy groups -OCH3 is 1. The van der Waals surface area contributed by atoms with Crippen LogP contribution in [0.15, 0.2) is 22.7 Å². The molecule has 0 saturated heterocycles. The van der Waals surface area contributed by atoms with Gasteiger partial charge in [-0.2, -0.15) is 0 Å². The number of esters is 1. The Kier molecular flexibility index (Phi) is 6.29. The van der Waals surface area contributed by atoms with Crippen LogP contribution in [0.2, 0.25) is 0 Å². The number of ether oxygens (including phenoxy) is 1. The maximum atomic E-state index is 13.3. The number of halogens is 2. The van der Waals surface area contributed by atoms with E-state index in [0.29, 0.717) is 17.4 Å². The normalized spacial score (nSPS) is 10.7. The van der Waals surface area contributed by atoms with Crippen molar-refractivity contribution in [1.82, 2.24) is 4.90 Å². The quantitative estimate of drug-likeness (QED) is 0.755. The van der Waals surface area contributed by atoms with E-state index in [0.717, 1.165) is 18.5 Å². The van der Waals surface area contributed by atoms with Crippen LogP contribution in [0.3, 0.4) is 0 Å². The fraction of sp³-hybridized carbons (Fsp3) is 0.462. The second-order valence-electron chi connectivity index (χ2n) is 4.13. The minimum Gasteiger partial charge on any atom is -0.469 e. The number of rotatable bonds is 6. The van der Waals surface area contributed by atoms with Crippen LogP contribution in [0.25, 0.3) is 0 Å². The van der Waals surface area contributed by atoms with Gasteiger partial charge in [0.2, 0.25) is 0 Å². The number of carbonyl (C=O) groups is 1. The summed E-state index contributed by atoms with van der Waals surface area (Å²) in [5.74, 6) is -0.453. The molecular weight excluding hydrogens is 301 g/mol. The van der Waals surface area contributed by atoms with Gasteiger partial charge in [0.25, 0.3) is 0 Å². The third-order valence-corrected chi connectivity index (χ3v) is 3.51. The van der Waals surface area contributed by atoms with Crippen LogP contribution in [-0.2, 0) is 16.1 Å². The van der Waals surface area contributed by atoms with Crippen LogP contribution in [0, 0.1) is 5.82 Å². The molecule has 18 heavy (non-hydrogen) atoms. The molecule has 0 bridgehead atoms. The van der Waals surface area contributed by atoms with Gasteiger partial charge in [0.15, 0.2) is 0 Å². The van der Waals surface area contributed by atoms with Gasteiger partial charge in [-0.05, 0) is 47.6 Å². The Bertz CT molecular complexity index is 412. The molecule has 0 fully saturated rings. The van der Waals surface area contributed by atoms with Crippen LogP contribution >= 0.6 is 15.9 Å². The molecule has 100 valence electrons. The fourth-order valence-electron chi connectivity index (χ4n) is 1.64. The molecule has 0 aromatic heterocycles. The van der Waals surface area contributed by atoms with E-state index in [9.17, 15) is 9.18 Å². The van der Waals surface area contributed by atoms with Gasteiger partial charge in [0.1, 0.15) is 5.82 Å². The lowest BCUT2D eigenvalue weighted by Crippen LogP contribution is -2.20. The molecule has 0 heterocycles. The average molecular weight is 318 g/mol. The Morgan fingerprint density at radius 3 is 2.89 bits per heavy atom. The lowest BCUT2D eigenvalue weighted by atomic mass is 10.2. The highest BCUT2D eigenvalue weighted by atomic mass is 79.9. The van der Waals surface area contributed by atoms with E-state index in [2.05, 4.69) is 20.7 Å². The highest BCUT2D eigenvalue weighted by Gasteiger charge is 2.08. The molecule has 0 aliphatic carbocycles. The van der Waals surface area contributed by atoms with E-state index in [-0.39, 0.29) is 11.8 Å². The van der Waals surface area contributed by atoms with Gasteiger partial charge in [-0.25, -0.2) is 4.39 Å². The Labute approximate surface area is 115 Å². The van der Waals surface area contributed by atoms with Crippen molar-refractivity contribution in [3.63, 3.8) is 0 Å². The fourth-order valence-corrected chi connectivity index (χ4v) is 2.03. The molecule has 0 amide bonds. The molecule has 0 saturated carbocycles. The first-order valence-electron chi connectivity index (χ1n) is 5.73. The van der Waals surface area contributed by atoms with Crippen molar-refractivity contribution in [2.45, 2.75) is 19.4 Å². The number of benzene rings is 1. The monoisotopic (exact) mass is 317 g/mol. The first-order valence-corrected chi connectivity index (χ1v) is 6.52. The predicted molar refractivity (Wildman–Crippen MR) is 71.7 cm³/mol. The summed E-state index contributed by atoms with van der Waals surface area (Å²) in [6.45, 7) is 1.40. The van der Waals surface area contributed by atoms with E-state index >= 15 is 0 Å². The third kappa shape index (κ3) is 4.74. The van der Waals surface area contributed by atoms with Crippen molar-refractivity contribution in [2.24, 2.45) is 0 Å². The van der Waals surface area contributed by atoms with Crippen molar-refractivity contribution < 1.29 is 13.9 Å². The van der Waals surface area contributed by atoms with E-state index in [4.69, 9.17) is 0 Å². The summed E-state index contributed by atoms with van der Waals surface area (Å²) in [6, 6.07) is 4.99. The van der Waals surface area contributed by atoms with Crippen molar-refractivity contribution in [3.8, 4) is 0 Å². The van der Waals surface area contributed by atoms with Crippen LogP contribution < -0.4 is 0 Å². The summed E-state index contributed by atoms with van der Waals surface area (Å²) in [6.07, 6.45) is 1.14. The van der Waals surface area contributed by atoms with Gasteiger partial charge in [-0.1, -0.05) is 12.1 Å². The summed E-state index contributed by atoms with van der Waals surface area (Å²) in [7, 11) is 3.32. The Morgan fingerprint density at radius 1 is 1.50 bits per heavy atom. The average Bonchev–Trinajstić information content (AvgIpc) is 2.34. The van der Waals surface area contributed by atoms with Crippen LogP contribution in [0.5, 0.6) is 0 Å². The third-order valence-electron chi connectivity index (χ3n) is 2.62. The molecule has 3 nitrogen and oxygen atoms in total. The standard InChI is InChI=1S/C13H17BrFNO2/c1-16(8-4-7-12(17)18-2)9-10-5-3-6-11(15)13(10)14/h3,5-6H,4,7-9H2,1-2H3. The molecule has 0 aliphatic rings. The Balaban J connectivity index is 2.42. The minimum absolute atomic E-state index is 0.199. The summed E-state index contributed by atoms with van der Waals surface area (Å²) < 4.78 is 18.4. The molecule has 0 N–H and O–H groups in total. The molecule has 5 heteroatoms. The maximum absolute atomic E-state index is 13.3. The minimum atomic E-state index is -0.254. The first kappa shape index (κ1) is 15.1. The largest absolute Gasteiger partial charge is 0.469 e. The summed E-state index contributed by atoms with van der Waals surface area (Å²) in [5, 5.41) is 0. The molecule has 1 rings (SSSR count). The van der Waals surface area contributed by atoms with E-state index in [1.54, 1.807) is 6.07 Å². The van der Waals surface area contributed by atoms with Crippen LogP contribution in [-0.4, -0.2) is 31.6 Å². The van der Waals surface area contributed by atoms with Gasteiger partial charge in [0.05, 0.1) is 11.6 Å². The number of hydrogen-bond donors (Lipinski definition) is 0. The predicted octanol–water partition coefficient (Wildman–Crippen LogP) is 2.97. The van der Waals surface area contributed by atoms with Gasteiger partial charge in [-0.3, -0.25) is 4.79 Å². The van der Waals surface area contributed by atoms with Gasteiger partial charge < -0.3 is 9.64 Å². The maximum Gasteiger partial charge on any atom is 0.305 e. The zero-order chi connectivity index (χ0) is 13.5. The first-order chi connectivity index (χ1) is 8.54. The zero-order valence-electron chi connectivity index (χ0n) is 10.6. The Hall–Kier alpha value is -0.940. The number of nitrogens with zero attached hydrogens (tertiary/aromatic N) is 1. The summed E-state index contributed by atoms with van der Waals surface area (Å²) in [4.78, 5) is 13.0. The zero-order valence-corrected chi connectivity index (χ0v) is 12.2. The smallest absolute Gasteiger partial charge is 0.305 e. The summed E-state index contributed by atoms with van der Waals surface area (Å²) >= 11 is 3.24. The molecule has 0 atom stereocenters. The lowest BCUT2D eigenvalue weighted by Gasteiger charge is -2.17. The van der Waals surface area contributed by atoms with Crippen molar-refractivity contribution in [2.75, 3.05) is 20.7 Å². The van der Waals surface area contributed by atoms with E-state index < -0.39 is 0 Å². The Morgan fingerprint density at radius 2 is 2.22 bits per heavy atom. The lowest BCUT2D eigenvalue weighted by molar-refractivity contribution is -0.140. The van der Waals surface area contributed by atoms with Gasteiger partial charge in [0, 0.05) is 13.0 Å².